The maximum atomic E-state index is 12.3. The molecule has 1 saturated heterocycles. The number of amides is 2. The van der Waals surface area contributed by atoms with Crippen LogP contribution in [0, 0.1) is 0 Å². The monoisotopic (exact) mass is 349 g/mol. The van der Waals surface area contributed by atoms with Gasteiger partial charge >= 0.3 is 12.0 Å². The van der Waals surface area contributed by atoms with Gasteiger partial charge in [0.1, 0.15) is 0 Å². The molecule has 7 nitrogen and oxygen atoms in total. The number of benzene rings is 1. The number of rotatable bonds is 5. The van der Waals surface area contributed by atoms with Gasteiger partial charge in [-0.3, -0.25) is 0 Å². The lowest BCUT2D eigenvalue weighted by Crippen LogP contribution is -2.48. The molecule has 1 aromatic rings. The number of nitrogens with one attached hydrogen (secondary N) is 2. The Kier molecular flexibility index (Phi) is 5.89. The van der Waals surface area contributed by atoms with Crippen molar-refractivity contribution < 1.29 is 19.4 Å². The summed E-state index contributed by atoms with van der Waals surface area (Å²) in [4.78, 5) is 26.3. The molecule has 1 aliphatic rings. The van der Waals surface area contributed by atoms with E-state index in [2.05, 4.69) is 15.5 Å². The zero-order valence-electron chi connectivity index (χ0n) is 15.3. The van der Waals surface area contributed by atoms with E-state index in [1.165, 1.54) is 7.11 Å². The van der Waals surface area contributed by atoms with Crippen molar-refractivity contribution in [3.8, 4) is 0 Å². The topological polar surface area (TPSA) is 90.9 Å². The van der Waals surface area contributed by atoms with Gasteiger partial charge in [-0.25, -0.2) is 9.59 Å². The predicted octanol–water partition coefficient (Wildman–Crippen LogP) is 2.35. The van der Waals surface area contributed by atoms with E-state index in [9.17, 15) is 14.7 Å². The molecule has 138 valence electrons. The van der Waals surface area contributed by atoms with Gasteiger partial charge in [-0.2, -0.15) is 0 Å². The van der Waals surface area contributed by atoms with E-state index in [-0.39, 0.29) is 0 Å². The quantitative estimate of drug-likeness (QED) is 0.710. The highest BCUT2D eigenvalue weighted by molar-refractivity contribution is 5.97. The van der Waals surface area contributed by atoms with Gasteiger partial charge in [-0.1, -0.05) is 0 Å². The predicted molar refractivity (Wildman–Crippen MR) is 97.1 cm³/mol. The maximum Gasteiger partial charge on any atom is 0.337 e. The summed E-state index contributed by atoms with van der Waals surface area (Å²) in [6, 6.07) is 4.27. The van der Waals surface area contributed by atoms with E-state index < -0.39 is 23.6 Å². The van der Waals surface area contributed by atoms with Gasteiger partial charge in [0.05, 0.1) is 35.7 Å². The van der Waals surface area contributed by atoms with Crippen LogP contribution in [0.25, 0.3) is 0 Å². The van der Waals surface area contributed by atoms with Crippen LogP contribution in [0.3, 0.4) is 0 Å². The molecule has 1 aliphatic heterocycles. The van der Waals surface area contributed by atoms with Crippen molar-refractivity contribution in [3.63, 3.8) is 0 Å². The Morgan fingerprint density at radius 1 is 1.28 bits per heavy atom. The Morgan fingerprint density at radius 3 is 2.48 bits per heavy atom. The maximum absolute atomic E-state index is 12.3. The van der Waals surface area contributed by atoms with Crippen molar-refractivity contribution in [2.24, 2.45) is 0 Å². The molecule has 1 fully saturated rings. The first-order valence-electron chi connectivity index (χ1n) is 8.49. The molecule has 7 heteroatoms. The van der Waals surface area contributed by atoms with Crippen LogP contribution >= 0.6 is 0 Å². The highest BCUT2D eigenvalue weighted by atomic mass is 16.5. The van der Waals surface area contributed by atoms with Crippen LogP contribution < -0.4 is 15.5 Å². The molecule has 25 heavy (non-hydrogen) atoms. The Labute approximate surface area is 148 Å². The van der Waals surface area contributed by atoms with Gasteiger partial charge in [-0.15, -0.1) is 0 Å². The second kappa shape index (κ2) is 7.74. The second-order valence-electron chi connectivity index (χ2n) is 6.89. The number of anilines is 2. The Balaban J connectivity index is 2.23. The third-order valence-electron chi connectivity index (χ3n) is 4.52. The number of ether oxygens (including phenoxy) is 1. The number of carbonyl (C=O) groups excluding carboxylic acids is 2. The van der Waals surface area contributed by atoms with Gasteiger partial charge in [0, 0.05) is 13.1 Å². The molecule has 0 radical (unpaired) electrons. The summed E-state index contributed by atoms with van der Waals surface area (Å²) in [6.45, 7) is 6.81. The summed E-state index contributed by atoms with van der Waals surface area (Å²) in [5, 5.41) is 15.5. The molecule has 1 aromatic carbocycles. The molecule has 0 unspecified atom stereocenters. The van der Waals surface area contributed by atoms with E-state index in [1.54, 1.807) is 32.9 Å². The molecule has 2 amide bonds. The van der Waals surface area contributed by atoms with Crippen LogP contribution in [-0.4, -0.2) is 48.9 Å². The highest BCUT2D eigenvalue weighted by Crippen LogP contribution is 2.30. The van der Waals surface area contributed by atoms with Crippen LogP contribution in [0.5, 0.6) is 0 Å². The van der Waals surface area contributed by atoms with E-state index >= 15 is 0 Å². The largest absolute Gasteiger partial charge is 0.465 e. The van der Waals surface area contributed by atoms with Crippen LogP contribution in [0.1, 0.15) is 44.0 Å². The van der Waals surface area contributed by atoms with Gasteiger partial charge in [0.25, 0.3) is 0 Å². The molecule has 0 aliphatic carbocycles. The number of nitrogens with zero attached hydrogens (tertiary/aromatic N) is 1. The smallest absolute Gasteiger partial charge is 0.337 e. The summed E-state index contributed by atoms with van der Waals surface area (Å²) >= 11 is 0. The first-order chi connectivity index (χ1) is 11.7. The summed E-state index contributed by atoms with van der Waals surface area (Å²) in [7, 11) is 1.32. The van der Waals surface area contributed by atoms with Crippen molar-refractivity contribution >= 4 is 23.4 Å². The number of hydrogen-bond donors (Lipinski definition) is 3. The van der Waals surface area contributed by atoms with E-state index in [4.69, 9.17) is 4.74 Å². The fourth-order valence-electron chi connectivity index (χ4n) is 2.65. The minimum atomic E-state index is -1.04. The summed E-state index contributed by atoms with van der Waals surface area (Å²) < 4.78 is 4.76. The number of methoxy groups -OCH3 is 1. The van der Waals surface area contributed by atoms with E-state index in [1.807, 2.05) is 6.07 Å². The third kappa shape index (κ3) is 4.85. The minimum Gasteiger partial charge on any atom is -0.465 e. The fraction of sp³-hybridized carbons (Fsp3) is 0.556. The average molecular weight is 349 g/mol. The van der Waals surface area contributed by atoms with Crippen molar-refractivity contribution in [2.45, 2.75) is 45.3 Å². The van der Waals surface area contributed by atoms with Crippen LogP contribution in [0.2, 0.25) is 0 Å². The number of urea groups is 1. The van der Waals surface area contributed by atoms with Gasteiger partial charge < -0.3 is 25.4 Å². The summed E-state index contributed by atoms with van der Waals surface area (Å²) in [5.74, 6) is -0.457. The molecular formula is C18H27N3O4. The van der Waals surface area contributed by atoms with Crippen LogP contribution in [0.15, 0.2) is 18.2 Å². The number of aliphatic hydroxyl groups is 1. The van der Waals surface area contributed by atoms with Gasteiger partial charge in [0.15, 0.2) is 0 Å². The zero-order valence-corrected chi connectivity index (χ0v) is 15.3. The fourth-order valence-corrected chi connectivity index (χ4v) is 2.65. The first kappa shape index (κ1) is 19.1. The van der Waals surface area contributed by atoms with E-state index in [0.717, 1.165) is 31.6 Å². The average Bonchev–Trinajstić information content (AvgIpc) is 3.07. The molecule has 1 atom stereocenters. The van der Waals surface area contributed by atoms with E-state index in [0.29, 0.717) is 11.3 Å². The molecule has 0 saturated carbocycles. The van der Waals surface area contributed by atoms with Gasteiger partial charge in [-0.05, 0) is 51.8 Å². The lowest BCUT2D eigenvalue weighted by molar-refractivity contribution is 0.0485. The standard InChI is InChI=1S/C18H27N3O4/c1-12(18(2,3)24)19-17(23)20-14-11-13(16(22)25-4)7-8-15(14)21-9-5-6-10-21/h7-8,11-12,24H,5-6,9-10H2,1-4H3,(H2,19,20,23)/t12-/m1/s1. The van der Waals surface area contributed by atoms with Crippen molar-refractivity contribution in [1.29, 1.82) is 0 Å². The minimum absolute atomic E-state index is 0.372. The zero-order chi connectivity index (χ0) is 18.6. The molecule has 3 N–H and O–H groups in total. The Hall–Kier alpha value is -2.28. The first-order valence-corrected chi connectivity index (χ1v) is 8.49. The lowest BCUT2D eigenvalue weighted by atomic mass is 10.0. The normalized spacial score (nSPS) is 15.6. The van der Waals surface area contributed by atoms with Crippen LogP contribution in [0.4, 0.5) is 16.2 Å². The number of carbonyl (C=O) groups is 2. The molecule has 2 rings (SSSR count). The van der Waals surface area contributed by atoms with Gasteiger partial charge in [0.2, 0.25) is 0 Å². The van der Waals surface area contributed by atoms with Crippen LogP contribution in [-0.2, 0) is 4.74 Å². The molecule has 0 spiro atoms. The third-order valence-corrected chi connectivity index (χ3v) is 4.52. The lowest BCUT2D eigenvalue weighted by Gasteiger charge is -2.27. The summed E-state index contributed by atoms with van der Waals surface area (Å²) in [5.41, 5.74) is 0.751. The number of esters is 1. The van der Waals surface area contributed by atoms with Crippen molar-refractivity contribution in [3.05, 3.63) is 23.8 Å². The van der Waals surface area contributed by atoms with Crippen molar-refractivity contribution in [2.75, 3.05) is 30.4 Å². The van der Waals surface area contributed by atoms with Crippen molar-refractivity contribution in [1.82, 2.24) is 5.32 Å². The highest BCUT2D eigenvalue weighted by Gasteiger charge is 2.25. The molecular weight excluding hydrogens is 322 g/mol. The Bertz CT molecular complexity index is 634. The molecule has 1 heterocycles. The Morgan fingerprint density at radius 2 is 1.92 bits per heavy atom. The molecule has 0 aromatic heterocycles. The second-order valence-corrected chi connectivity index (χ2v) is 6.89. The number of hydrogen-bond acceptors (Lipinski definition) is 5. The summed E-state index contributed by atoms with van der Waals surface area (Å²) in [6.07, 6.45) is 2.19. The SMILES string of the molecule is COC(=O)c1ccc(N2CCCC2)c(NC(=O)N[C@H](C)C(C)(C)O)c1. The molecule has 0 bridgehead atoms.